The fourth-order valence-corrected chi connectivity index (χ4v) is 4.10. The molecule has 2 aromatic rings. The summed E-state index contributed by atoms with van der Waals surface area (Å²) in [5.74, 6) is -0.865. The van der Waals surface area contributed by atoms with E-state index in [1.54, 1.807) is 30.0 Å². The molecule has 1 saturated heterocycles. The number of benzene rings is 2. The van der Waals surface area contributed by atoms with Crippen molar-refractivity contribution >= 4 is 38.9 Å². The number of hydrogen-bond acceptors (Lipinski definition) is 3. The molecule has 0 aromatic heterocycles. The molecule has 0 atom stereocenters. The fraction of sp³-hybridized carbons (Fsp3) is 0.235. The molecule has 5 nitrogen and oxygen atoms in total. The zero-order chi connectivity index (χ0) is 18.2. The van der Waals surface area contributed by atoms with Crippen molar-refractivity contribution in [1.29, 1.82) is 0 Å². The smallest absolute Gasteiger partial charge is 0.264 e. The lowest BCUT2D eigenvalue weighted by atomic mass is 10.1. The van der Waals surface area contributed by atoms with Crippen LogP contribution in [0.5, 0.6) is 0 Å². The van der Waals surface area contributed by atoms with E-state index in [0.717, 1.165) is 29.8 Å². The molecule has 0 radical (unpaired) electrons. The van der Waals surface area contributed by atoms with Crippen LogP contribution in [0.25, 0.3) is 0 Å². The Morgan fingerprint density at radius 3 is 2.56 bits per heavy atom. The monoisotopic (exact) mass is 382 g/mol. The van der Waals surface area contributed by atoms with Gasteiger partial charge in [-0.25, -0.2) is 12.8 Å². The summed E-state index contributed by atoms with van der Waals surface area (Å²) < 4.78 is 41.0. The van der Waals surface area contributed by atoms with Crippen LogP contribution in [-0.2, 0) is 14.8 Å². The summed E-state index contributed by atoms with van der Waals surface area (Å²) in [6, 6.07) is 8.24. The van der Waals surface area contributed by atoms with Crippen molar-refractivity contribution in [2.45, 2.75) is 24.7 Å². The second kappa shape index (κ2) is 6.65. The van der Waals surface area contributed by atoms with Gasteiger partial charge in [-0.05, 0) is 55.3 Å². The molecular formula is C17H16ClFN2O3S. The van der Waals surface area contributed by atoms with Crippen molar-refractivity contribution in [3.8, 4) is 0 Å². The second-order valence-corrected chi connectivity index (χ2v) is 7.92. The molecule has 0 unspecified atom stereocenters. The van der Waals surface area contributed by atoms with Gasteiger partial charge in [-0.2, -0.15) is 0 Å². The molecule has 0 saturated carbocycles. The summed E-state index contributed by atoms with van der Waals surface area (Å²) in [4.78, 5) is 13.1. The molecule has 25 heavy (non-hydrogen) atoms. The molecule has 1 heterocycles. The van der Waals surface area contributed by atoms with Crippen LogP contribution in [-0.4, -0.2) is 20.9 Å². The molecule has 1 aliphatic rings. The lowest BCUT2D eigenvalue weighted by molar-refractivity contribution is -0.117. The summed E-state index contributed by atoms with van der Waals surface area (Å²) in [5, 5.41) is 0.118. The number of hydrogen-bond donors (Lipinski definition) is 1. The van der Waals surface area contributed by atoms with Gasteiger partial charge in [0.2, 0.25) is 5.91 Å². The van der Waals surface area contributed by atoms with Gasteiger partial charge in [0, 0.05) is 29.4 Å². The van der Waals surface area contributed by atoms with Crippen LogP contribution >= 0.6 is 11.6 Å². The third-order valence-electron chi connectivity index (χ3n) is 4.00. The number of sulfonamides is 1. The molecule has 132 valence electrons. The van der Waals surface area contributed by atoms with Crippen molar-refractivity contribution in [3.63, 3.8) is 0 Å². The molecular weight excluding hydrogens is 367 g/mol. The van der Waals surface area contributed by atoms with Gasteiger partial charge >= 0.3 is 0 Å². The molecule has 0 bridgehead atoms. The zero-order valence-corrected chi connectivity index (χ0v) is 15.0. The summed E-state index contributed by atoms with van der Waals surface area (Å²) in [7, 11) is -4.08. The Labute approximate surface area is 150 Å². The molecule has 1 amide bonds. The van der Waals surface area contributed by atoms with E-state index >= 15 is 0 Å². The van der Waals surface area contributed by atoms with E-state index in [9.17, 15) is 17.6 Å². The van der Waals surface area contributed by atoms with E-state index in [1.165, 1.54) is 6.07 Å². The van der Waals surface area contributed by atoms with Crippen molar-refractivity contribution < 1.29 is 17.6 Å². The quantitative estimate of drug-likeness (QED) is 0.876. The van der Waals surface area contributed by atoms with Crippen LogP contribution in [0.3, 0.4) is 0 Å². The number of anilines is 2. The van der Waals surface area contributed by atoms with Gasteiger partial charge in [0.05, 0.1) is 0 Å². The predicted molar refractivity (Wildman–Crippen MR) is 95.0 cm³/mol. The Hall–Kier alpha value is -2.12. The van der Waals surface area contributed by atoms with E-state index in [2.05, 4.69) is 4.72 Å². The Balaban J connectivity index is 1.87. The SMILES string of the molecule is Cc1cc(NS(=O)(=O)c2ccc(Cl)cc2F)ccc1N1CCCC1=O. The molecule has 0 spiro atoms. The van der Waals surface area contributed by atoms with Crippen LogP contribution in [0, 0.1) is 12.7 Å². The highest BCUT2D eigenvalue weighted by molar-refractivity contribution is 7.92. The Kier molecular flexibility index (Phi) is 4.71. The third kappa shape index (κ3) is 3.62. The first-order valence-corrected chi connectivity index (χ1v) is 9.53. The first-order chi connectivity index (χ1) is 11.8. The van der Waals surface area contributed by atoms with E-state index in [-0.39, 0.29) is 10.9 Å². The highest BCUT2D eigenvalue weighted by atomic mass is 35.5. The Morgan fingerprint density at radius 2 is 1.96 bits per heavy atom. The van der Waals surface area contributed by atoms with Gasteiger partial charge in [-0.15, -0.1) is 0 Å². The summed E-state index contributed by atoms with van der Waals surface area (Å²) in [6.45, 7) is 2.45. The third-order valence-corrected chi connectivity index (χ3v) is 5.65. The average Bonchev–Trinajstić information content (AvgIpc) is 2.92. The first kappa shape index (κ1) is 17.7. The topological polar surface area (TPSA) is 66.5 Å². The minimum absolute atomic E-state index is 0.0552. The van der Waals surface area contributed by atoms with Gasteiger partial charge in [0.1, 0.15) is 10.7 Å². The molecule has 0 aliphatic carbocycles. The zero-order valence-electron chi connectivity index (χ0n) is 13.4. The summed E-state index contributed by atoms with van der Waals surface area (Å²) >= 11 is 5.65. The largest absolute Gasteiger partial charge is 0.312 e. The van der Waals surface area contributed by atoms with E-state index < -0.39 is 20.7 Å². The highest BCUT2D eigenvalue weighted by Gasteiger charge is 2.24. The number of rotatable bonds is 4. The second-order valence-electron chi connectivity index (χ2n) is 5.83. The van der Waals surface area contributed by atoms with Crippen LogP contribution in [0.2, 0.25) is 5.02 Å². The van der Waals surface area contributed by atoms with Gasteiger partial charge in [-0.1, -0.05) is 11.6 Å². The molecule has 1 N–H and O–H groups in total. The van der Waals surface area contributed by atoms with Crippen molar-refractivity contribution in [2.75, 3.05) is 16.2 Å². The molecule has 1 fully saturated rings. The molecule has 1 aliphatic heterocycles. The number of nitrogens with zero attached hydrogens (tertiary/aromatic N) is 1. The van der Waals surface area contributed by atoms with Gasteiger partial charge < -0.3 is 4.90 Å². The van der Waals surface area contributed by atoms with Gasteiger partial charge in [0.25, 0.3) is 10.0 Å². The number of carbonyl (C=O) groups is 1. The van der Waals surface area contributed by atoms with Crippen LogP contribution in [0.1, 0.15) is 18.4 Å². The van der Waals surface area contributed by atoms with Crippen LogP contribution < -0.4 is 9.62 Å². The maximum Gasteiger partial charge on any atom is 0.264 e. The average molecular weight is 383 g/mol. The van der Waals surface area contributed by atoms with Crippen molar-refractivity contribution in [1.82, 2.24) is 0 Å². The number of nitrogens with one attached hydrogen (secondary N) is 1. The van der Waals surface area contributed by atoms with E-state index in [4.69, 9.17) is 11.6 Å². The number of carbonyl (C=O) groups excluding carboxylic acids is 1. The van der Waals surface area contributed by atoms with Crippen LogP contribution in [0.4, 0.5) is 15.8 Å². The standard InChI is InChI=1S/C17H16ClFN2O3S/c1-11-9-13(5-6-15(11)21-8-2-3-17(21)22)20-25(23,24)16-7-4-12(18)10-14(16)19/h4-7,9-10,20H,2-3,8H2,1H3. The lowest BCUT2D eigenvalue weighted by Gasteiger charge is -2.19. The predicted octanol–water partition coefficient (Wildman–Crippen LogP) is 3.72. The maximum atomic E-state index is 13.9. The lowest BCUT2D eigenvalue weighted by Crippen LogP contribution is -2.24. The number of amides is 1. The summed E-state index contributed by atoms with van der Waals surface area (Å²) in [5.41, 5.74) is 1.80. The minimum Gasteiger partial charge on any atom is -0.312 e. The maximum absolute atomic E-state index is 13.9. The number of aryl methyl sites for hydroxylation is 1. The van der Waals surface area contributed by atoms with Gasteiger partial charge in [-0.3, -0.25) is 9.52 Å². The van der Waals surface area contributed by atoms with E-state index in [0.29, 0.717) is 18.7 Å². The Morgan fingerprint density at radius 1 is 1.20 bits per heavy atom. The Bertz CT molecular complexity index is 947. The van der Waals surface area contributed by atoms with Crippen LogP contribution in [0.15, 0.2) is 41.3 Å². The fourth-order valence-electron chi connectivity index (χ4n) is 2.83. The minimum atomic E-state index is -4.08. The molecule has 3 rings (SSSR count). The van der Waals surface area contributed by atoms with Crippen molar-refractivity contribution in [2.24, 2.45) is 0 Å². The molecule has 2 aromatic carbocycles. The molecule has 8 heteroatoms. The highest BCUT2D eigenvalue weighted by Crippen LogP contribution is 2.29. The van der Waals surface area contributed by atoms with E-state index in [1.807, 2.05) is 0 Å². The normalized spacial score (nSPS) is 14.8. The number of halogens is 2. The van der Waals surface area contributed by atoms with Crippen molar-refractivity contribution in [3.05, 3.63) is 52.8 Å². The first-order valence-electron chi connectivity index (χ1n) is 7.67. The summed E-state index contributed by atoms with van der Waals surface area (Å²) in [6.07, 6.45) is 1.33. The van der Waals surface area contributed by atoms with Gasteiger partial charge in [0.15, 0.2) is 0 Å².